The average Bonchev–Trinajstić information content (AvgIpc) is 2.63. The zero-order valence-corrected chi connectivity index (χ0v) is 15.7. The molecular formula is C19H23Cl2NO3. The molecular weight excluding hydrogens is 361 g/mol. The molecule has 0 amide bonds. The molecule has 0 aliphatic carbocycles. The van der Waals surface area contributed by atoms with Crippen LogP contribution in [0.5, 0.6) is 11.5 Å². The van der Waals surface area contributed by atoms with Crippen LogP contribution in [0.3, 0.4) is 0 Å². The molecule has 0 spiro atoms. The highest BCUT2D eigenvalue weighted by molar-refractivity contribution is 6.30. The lowest BCUT2D eigenvalue weighted by molar-refractivity contribution is -0.0439. The number of ether oxygens (including phenoxy) is 3. The van der Waals surface area contributed by atoms with Crippen molar-refractivity contribution >= 4 is 24.0 Å². The molecule has 2 aromatic rings. The maximum atomic E-state index is 6.33. The average molecular weight is 384 g/mol. The fourth-order valence-electron chi connectivity index (χ4n) is 2.77. The minimum absolute atomic E-state index is 0. The first-order valence-corrected chi connectivity index (χ1v) is 8.62. The summed E-state index contributed by atoms with van der Waals surface area (Å²) in [6.45, 7) is 4.78. The topological polar surface area (TPSA) is 39.7 Å². The Balaban J connectivity index is 0.00000225. The quantitative estimate of drug-likeness (QED) is 0.808. The van der Waals surface area contributed by atoms with Gasteiger partial charge in [0.15, 0.2) is 17.6 Å². The molecule has 1 aliphatic rings. The number of hydrogen-bond acceptors (Lipinski definition) is 4. The van der Waals surface area contributed by atoms with E-state index in [-0.39, 0.29) is 24.6 Å². The van der Waals surface area contributed by atoms with Gasteiger partial charge in [-0.05, 0) is 24.6 Å². The number of benzene rings is 2. The van der Waals surface area contributed by atoms with Crippen molar-refractivity contribution in [3.8, 4) is 11.5 Å². The van der Waals surface area contributed by atoms with E-state index in [1.54, 1.807) is 12.1 Å². The molecule has 25 heavy (non-hydrogen) atoms. The molecule has 0 aromatic heterocycles. The van der Waals surface area contributed by atoms with E-state index in [9.17, 15) is 0 Å². The molecule has 1 fully saturated rings. The summed E-state index contributed by atoms with van der Waals surface area (Å²) >= 11 is 6.08. The van der Waals surface area contributed by atoms with E-state index in [1.807, 2.05) is 31.2 Å². The first kappa shape index (κ1) is 19.9. The number of halogens is 2. The molecule has 2 atom stereocenters. The Labute approximate surface area is 159 Å². The van der Waals surface area contributed by atoms with Gasteiger partial charge in [-0.3, -0.25) is 0 Å². The van der Waals surface area contributed by atoms with Gasteiger partial charge in [0.1, 0.15) is 6.10 Å². The van der Waals surface area contributed by atoms with Gasteiger partial charge in [0.05, 0.1) is 13.2 Å². The van der Waals surface area contributed by atoms with Crippen molar-refractivity contribution in [2.45, 2.75) is 19.1 Å². The third kappa shape index (κ3) is 5.25. The highest BCUT2D eigenvalue weighted by atomic mass is 35.5. The third-order valence-electron chi connectivity index (χ3n) is 3.88. The van der Waals surface area contributed by atoms with Crippen LogP contribution >= 0.6 is 24.0 Å². The van der Waals surface area contributed by atoms with Gasteiger partial charge >= 0.3 is 0 Å². The first-order valence-electron chi connectivity index (χ1n) is 8.24. The molecule has 0 saturated carbocycles. The second-order valence-electron chi connectivity index (χ2n) is 5.59. The molecule has 1 saturated heterocycles. The van der Waals surface area contributed by atoms with Gasteiger partial charge in [-0.2, -0.15) is 0 Å². The molecule has 136 valence electrons. The van der Waals surface area contributed by atoms with E-state index >= 15 is 0 Å². The second-order valence-corrected chi connectivity index (χ2v) is 6.02. The van der Waals surface area contributed by atoms with E-state index in [2.05, 4.69) is 17.4 Å². The van der Waals surface area contributed by atoms with E-state index < -0.39 is 0 Å². The van der Waals surface area contributed by atoms with Crippen molar-refractivity contribution in [1.82, 2.24) is 5.32 Å². The Morgan fingerprint density at radius 3 is 2.68 bits per heavy atom. The third-order valence-corrected chi connectivity index (χ3v) is 4.12. The summed E-state index contributed by atoms with van der Waals surface area (Å²) in [6, 6.07) is 15.6. The van der Waals surface area contributed by atoms with Crippen molar-refractivity contribution in [3.63, 3.8) is 0 Å². The maximum absolute atomic E-state index is 6.33. The summed E-state index contributed by atoms with van der Waals surface area (Å²) in [6.07, 6.45) is -0.286. The van der Waals surface area contributed by atoms with Crippen molar-refractivity contribution in [3.05, 3.63) is 59.1 Å². The van der Waals surface area contributed by atoms with Crippen LogP contribution in [0.2, 0.25) is 5.02 Å². The number of rotatable bonds is 6. The number of morpholine rings is 1. The summed E-state index contributed by atoms with van der Waals surface area (Å²) < 4.78 is 17.9. The zero-order chi connectivity index (χ0) is 16.8. The Kier molecular flexibility index (Phi) is 7.85. The van der Waals surface area contributed by atoms with Crippen LogP contribution in [0.25, 0.3) is 0 Å². The molecule has 0 radical (unpaired) electrons. The van der Waals surface area contributed by atoms with Gasteiger partial charge in [-0.15, -0.1) is 12.4 Å². The highest BCUT2D eigenvalue weighted by Crippen LogP contribution is 2.35. The van der Waals surface area contributed by atoms with Crippen molar-refractivity contribution < 1.29 is 14.2 Å². The number of hydrogen-bond donors (Lipinski definition) is 1. The fraction of sp³-hybridized carbons (Fsp3) is 0.368. The smallest absolute Gasteiger partial charge is 0.162 e. The summed E-state index contributed by atoms with van der Waals surface area (Å²) in [4.78, 5) is 0. The van der Waals surface area contributed by atoms with Crippen LogP contribution in [0, 0.1) is 0 Å². The van der Waals surface area contributed by atoms with Crippen LogP contribution in [0.1, 0.15) is 18.6 Å². The summed E-state index contributed by atoms with van der Waals surface area (Å²) in [7, 11) is 0. The largest absolute Gasteiger partial charge is 0.490 e. The van der Waals surface area contributed by atoms with Crippen molar-refractivity contribution in [2.75, 3.05) is 26.3 Å². The molecule has 4 nitrogen and oxygen atoms in total. The summed E-state index contributed by atoms with van der Waals surface area (Å²) in [5.74, 6) is 1.32. The predicted molar refractivity (Wildman–Crippen MR) is 102 cm³/mol. The lowest BCUT2D eigenvalue weighted by Gasteiger charge is -2.32. The van der Waals surface area contributed by atoms with Crippen molar-refractivity contribution in [2.24, 2.45) is 0 Å². The minimum Gasteiger partial charge on any atom is -0.490 e. The van der Waals surface area contributed by atoms with Crippen molar-refractivity contribution in [1.29, 1.82) is 0 Å². The molecule has 0 unspecified atom stereocenters. The Morgan fingerprint density at radius 2 is 2.00 bits per heavy atom. The van der Waals surface area contributed by atoms with Gasteiger partial charge in [0, 0.05) is 24.2 Å². The normalized spacial score (nSPS) is 18.1. The van der Waals surface area contributed by atoms with E-state index in [1.165, 1.54) is 0 Å². The van der Waals surface area contributed by atoms with Crippen LogP contribution in [-0.2, 0) is 4.74 Å². The van der Waals surface area contributed by atoms with Gasteiger partial charge in [0.2, 0.25) is 0 Å². The predicted octanol–water partition coefficient (Wildman–Crippen LogP) is 4.27. The Morgan fingerprint density at radius 1 is 1.20 bits per heavy atom. The summed E-state index contributed by atoms with van der Waals surface area (Å²) in [5, 5.41) is 3.99. The van der Waals surface area contributed by atoms with E-state index in [4.69, 9.17) is 25.8 Å². The van der Waals surface area contributed by atoms with E-state index in [0.29, 0.717) is 29.7 Å². The van der Waals surface area contributed by atoms with Gasteiger partial charge in [-0.1, -0.05) is 41.9 Å². The molecule has 6 heteroatoms. The second kappa shape index (κ2) is 9.88. The number of nitrogens with one attached hydrogen (secondary N) is 1. The minimum atomic E-state index is -0.223. The lowest BCUT2D eigenvalue weighted by atomic mass is 10.0. The fourth-order valence-corrected chi connectivity index (χ4v) is 2.93. The van der Waals surface area contributed by atoms with Gasteiger partial charge < -0.3 is 19.5 Å². The molecule has 1 aliphatic heterocycles. The monoisotopic (exact) mass is 383 g/mol. The van der Waals surface area contributed by atoms with Crippen LogP contribution in [0.4, 0.5) is 0 Å². The van der Waals surface area contributed by atoms with Crippen LogP contribution < -0.4 is 14.8 Å². The first-order chi connectivity index (χ1) is 11.8. The van der Waals surface area contributed by atoms with E-state index in [0.717, 1.165) is 18.7 Å². The Hall–Kier alpha value is -1.46. The molecule has 2 aromatic carbocycles. The van der Waals surface area contributed by atoms with Crippen LogP contribution in [-0.4, -0.2) is 32.4 Å². The maximum Gasteiger partial charge on any atom is 0.162 e. The SMILES string of the molecule is CCOc1cc(Cl)ccc1O[C@H](c1ccccc1)[C@@H]1CNCCO1.Cl. The molecule has 1 N–H and O–H groups in total. The van der Waals surface area contributed by atoms with Gasteiger partial charge in [-0.25, -0.2) is 0 Å². The molecule has 1 heterocycles. The molecule has 3 rings (SSSR count). The van der Waals surface area contributed by atoms with Gasteiger partial charge in [0.25, 0.3) is 0 Å². The standard InChI is InChI=1S/C19H22ClNO3.ClH/c1-2-22-17-12-15(20)8-9-16(17)24-19(14-6-4-3-5-7-14)18-13-21-10-11-23-18;/h3-9,12,18-19,21H,2,10-11,13H2,1H3;1H/t18-,19+;/m0./s1. The zero-order valence-electron chi connectivity index (χ0n) is 14.1. The highest BCUT2D eigenvalue weighted by Gasteiger charge is 2.28. The lowest BCUT2D eigenvalue weighted by Crippen LogP contribution is -2.43. The van der Waals surface area contributed by atoms with Crippen LogP contribution in [0.15, 0.2) is 48.5 Å². The summed E-state index contributed by atoms with van der Waals surface area (Å²) in [5.41, 5.74) is 1.07. The Bertz CT molecular complexity index is 648. The molecule has 0 bridgehead atoms.